The van der Waals surface area contributed by atoms with Crippen molar-refractivity contribution in [2.75, 3.05) is 13.7 Å². The molecule has 0 saturated heterocycles. The molecule has 1 aromatic carbocycles. The van der Waals surface area contributed by atoms with Gasteiger partial charge >= 0.3 is 0 Å². The Morgan fingerprint density at radius 1 is 1.32 bits per heavy atom. The van der Waals surface area contributed by atoms with Crippen LogP contribution in [0.4, 0.5) is 0 Å². The third-order valence-corrected chi connectivity index (χ3v) is 3.33. The molecule has 1 aromatic heterocycles. The first-order valence-electron chi connectivity index (χ1n) is 6.18. The van der Waals surface area contributed by atoms with Crippen molar-refractivity contribution in [1.29, 1.82) is 0 Å². The Morgan fingerprint density at radius 2 is 2.16 bits per heavy atom. The van der Waals surface area contributed by atoms with Crippen LogP contribution < -0.4 is 10.5 Å². The molecule has 2 aromatic rings. The summed E-state index contributed by atoms with van der Waals surface area (Å²) in [6, 6.07) is 11.5. The molecule has 1 atom stereocenters. The molecule has 0 radical (unpaired) electrons. The molecule has 2 rings (SSSR count). The topological polar surface area (TPSA) is 48.1 Å². The van der Waals surface area contributed by atoms with Crippen LogP contribution in [0.15, 0.2) is 42.6 Å². The smallest absolute Gasteiger partial charge is 0.122 e. The summed E-state index contributed by atoms with van der Waals surface area (Å²) in [4.78, 5) is 4.34. The fraction of sp³-hybridized carbons (Fsp3) is 0.267. The zero-order valence-electron chi connectivity index (χ0n) is 10.8. The molecule has 4 heteroatoms. The Labute approximate surface area is 118 Å². The molecule has 0 aliphatic carbocycles. The summed E-state index contributed by atoms with van der Waals surface area (Å²) in [5, 5.41) is 0.690. The van der Waals surface area contributed by atoms with E-state index in [1.807, 2.05) is 36.4 Å². The molecule has 0 bridgehead atoms. The number of nitrogens with zero attached hydrogens (tertiary/aromatic N) is 1. The molecule has 0 aliphatic rings. The van der Waals surface area contributed by atoms with Gasteiger partial charge in [0.05, 0.1) is 7.11 Å². The van der Waals surface area contributed by atoms with Crippen molar-refractivity contribution in [2.24, 2.45) is 5.73 Å². The minimum absolute atomic E-state index is 0.142. The van der Waals surface area contributed by atoms with Crippen molar-refractivity contribution in [2.45, 2.75) is 12.3 Å². The predicted octanol–water partition coefficient (Wildman–Crippen LogP) is 3.03. The number of halogens is 1. The van der Waals surface area contributed by atoms with E-state index < -0.39 is 0 Å². The van der Waals surface area contributed by atoms with E-state index in [0.29, 0.717) is 11.6 Å². The number of hydrogen-bond acceptors (Lipinski definition) is 3. The highest BCUT2D eigenvalue weighted by atomic mass is 35.5. The SMILES string of the molecule is COc1ccc(Cl)cc1C(CN)Cc1ccccn1. The lowest BCUT2D eigenvalue weighted by Crippen LogP contribution is -2.16. The summed E-state index contributed by atoms with van der Waals surface area (Å²) in [7, 11) is 1.65. The average Bonchev–Trinajstić information content (AvgIpc) is 2.46. The van der Waals surface area contributed by atoms with Gasteiger partial charge in [0.1, 0.15) is 5.75 Å². The molecule has 0 saturated carbocycles. The van der Waals surface area contributed by atoms with Crippen LogP contribution in [0.25, 0.3) is 0 Å². The number of benzene rings is 1. The van der Waals surface area contributed by atoms with E-state index in [0.717, 1.165) is 23.4 Å². The lowest BCUT2D eigenvalue weighted by atomic mass is 9.93. The number of nitrogens with two attached hydrogens (primary N) is 1. The second-order valence-electron chi connectivity index (χ2n) is 4.34. The van der Waals surface area contributed by atoms with Crippen molar-refractivity contribution in [3.05, 3.63) is 58.9 Å². The van der Waals surface area contributed by atoms with E-state index in [-0.39, 0.29) is 5.92 Å². The zero-order valence-corrected chi connectivity index (χ0v) is 11.6. The molecule has 1 unspecified atom stereocenters. The molecular formula is C15H17ClN2O. The van der Waals surface area contributed by atoms with Gasteiger partial charge in [-0.25, -0.2) is 0 Å². The van der Waals surface area contributed by atoms with Crippen LogP contribution in [-0.2, 0) is 6.42 Å². The maximum Gasteiger partial charge on any atom is 0.122 e. The van der Waals surface area contributed by atoms with Crippen LogP contribution >= 0.6 is 11.6 Å². The van der Waals surface area contributed by atoms with Crippen molar-refractivity contribution in [1.82, 2.24) is 4.98 Å². The van der Waals surface area contributed by atoms with Crippen LogP contribution in [0, 0.1) is 0 Å². The van der Waals surface area contributed by atoms with Crippen LogP contribution in [0.5, 0.6) is 5.75 Å². The molecule has 0 aliphatic heterocycles. The molecule has 100 valence electrons. The first-order chi connectivity index (χ1) is 9.24. The third-order valence-electron chi connectivity index (χ3n) is 3.10. The molecular weight excluding hydrogens is 260 g/mol. The second-order valence-corrected chi connectivity index (χ2v) is 4.78. The summed E-state index contributed by atoms with van der Waals surface area (Å²) in [6.45, 7) is 0.521. The van der Waals surface area contributed by atoms with Gasteiger partial charge in [0.25, 0.3) is 0 Å². The van der Waals surface area contributed by atoms with Crippen LogP contribution in [0.2, 0.25) is 5.02 Å². The van der Waals surface area contributed by atoms with E-state index in [4.69, 9.17) is 22.1 Å². The zero-order chi connectivity index (χ0) is 13.7. The largest absolute Gasteiger partial charge is 0.496 e. The van der Waals surface area contributed by atoms with E-state index >= 15 is 0 Å². The highest BCUT2D eigenvalue weighted by Gasteiger charge is 2.16. The molecule has 3 nitrogen and oxygen atoms in total. The van der Waals surface area contributed by atoms with Gasteiger partial charge < -0.3 is 10.5 Å². The minimum atomic E-state index is 0.142. The lowest BCUT2D eigenvalue weighted by Gasteiger charge is -2.18. The molecule has 0 amide bonds. The molecule has 2 N–H and O–H groups in total. The number of hydrogen-bond donors (Lipinski definition) is 1. The normalized spacial score (nSPS) is 12.2. The first-order valence-corrected chi connectivity index (χ1v) is 6.55. The highest BCUT2D eigenvalue weighted by Crippen LogP contribution is 2.30. The lowest BCUT2D eigenvalue weighted by molar-refractivity contribution is 0.405. The fourth-order valence-electron chi connectivity index (χ4n) is 2.12. The number of aromatic nitrogens is 1. The van der Waals surface area contributed by atoms with Gasteiger partial charge in [0.15, 0.2) is 0 Å². The Bertz CT molecular complexity index is 531. The van der Waals surface area contributed by atoms with E-state index in [1.165, 1.54) is 0 Å². The fourth-order valence-corrected chi connectivity index (χ4v) is 2.30. The van der Waals surface area contributed by atoms with E-state index in [1.54, 1.807) is 13.3 Å². The molecule has 1 heterocycles. The Morgan fingerprint density at radius 3 is 2.79 bits per heavy atom. The first kappa shape index (κ1) is 13.8. The Hall–Kier alpha value is -1.58. The van der Waals surface area contributed by atoms with Crippen LogP contribution in [-0.4, -0.2) is 18.6 Å². The average molecular weight is 277 g/mol. The van der Waals surface area contributed by atoms with Gasteiger partial charge in [-0.15, -0.1) is 0 Å². The Balaban J connectivity index is 2.29. The van der Waals surface area contributed by atoms with Crippen molar-refractivity contribution < 1.29 is 4.74 Å². The summed E-state index contributed by atoms with van der Waals surface area (Å²) >= 11 is 6.07. The number of ether oxygens (including phenoxy) is 1. The monoisotopic (exact) mass is 276 g/mol. The van der Waals surface area contributed by atoms with Crippen molar-refractivity contribution in [3.8, 4) is 5.75 Å². The number of rotatable bonds is 5. The van der Waals surface area contributed by atoms with Gasteiger partial charge in [0.2, 0.25) is 0 Å². The molecule has 0 spiro atoms. The maximum atomic E-state index is 6.07. The summed E-state index contributed by atoms with van der Waals surface area (Å²) in [6.07, 6.45) is 2.56. The molecule has 19 heavy (non-hydrogen) atoms. The van der Waals surface area contributed by atoms with Crippen LogP contribution in [0.3, 0.4) is 0 Å². The van der Waals surface area contributed by atoms with Gasteiger partial charge in [-0.2, -0.15) is 0 Å². The minimum Gasteiger partial charge on any atom is -0.496 e. The maximum absolute atomic E-state index is 6.07. The highest BCUT2D eigenvalue weighted by molar-refractivity contribution is 6.30. The van der Waals surface area contributed by atoms with E-state index in [2.05, 4.69) is 4.98 Å². The van der Waals surface area contributed by atoms with Gasteiger partial charge in [-0.1, -0.05) is 17.7 Å². The summed E-state index contributed by atoms with van der Waals surface area (Å²) < 4.78 is 5.39. The van der Waals surface area contributed by atoms with Gasteiger partial charge in [-0.05, 0) is 43.3 Å². The van der Waals surface area contributed by atoms with Crippen molar-refractivity contribution in [3.63, 3.8) is 0 Å². The number of methoxy groups -OCH3 is 1. The van der Waals surface area contributed by atoms with Crippen LogP contribution in [0.1, 0.15) is 17.2 Å². The summed E-state index contributed by atoms with van der Waals surface area (Å²) in [5.74, 6) is 0.958. The number of pyridine rings is 1. The standard InChI is InChI=1S/C15H17ClN2O/c1-19-15-6-5-12(16)9-14(15)11(10-17)8-13-4-2-3-7-18-13/h2-7,9,11H,8,10,17H2,1H3. The second kappa shape index (κ2) is 6.55. The van der Waals surface area contributed by atoms with E-state index in [9.17, 15) is 0 Å². The quantitative estimate of drug-likeness (QED) is 0.913. The summed E-state index contributed by atoms with van der Waals surface area (Å²) in [5.41, 5.74) is 7.94. The van der Waals surface area contributed by atoms with Crippen molar-refractivity contribution >= 4 is 11.6 Å². The Kier molecular flexibility index (Phi) is 4.77. The van der Waals surface area contributed by atoms with Gasteiger partial charge in [-0.3, -0.25) is 4.98 Å². The van der Waals surface area contributed by atoms with Gasteiger partial charge in [0, 0.05) is 28.4 Å². The predicted molar refractivity (Wildman–Crippen MR) is 77.7 cm³/mol. The molecule has 0 fully saturated rings. The third kappa shape index (κ3) is 3.46.